The molecule has 1 fully saturated rings. The molecule has 1 atom stereocenters. The van der Waals surface area contributed by atoms with Gasteiger partial charge in [0.1, 0.15) is 11.9 Å². The molecule has 34 heavy (non-hydrogen) atoms. The lowest BCUT2D eigenvalue weighted by Crippen LogP contribution is -2.54. The van der Waals surface area contributed by atoms with Crippen LogP contribution in [0.3, 0.4) is 0 Å². The molecular formula is C25H26Cl2FN5O. The highest BCUT2D eigenvalue weighted by Crippen LogP contribution is 2.38. The second-order valence-corrected chi connectivity index (χ2v) is 9.56. The van der Waals surface area contributed by atoms with Crippen LogP contribution in [-0.2, 0) is 4.79 Å². The van der Waals surface area contributed by atoms with Crippen molar-refractivity contribution >= 4 is 40.9 Å². The third-order valence-corrected chi connectivity index (χ3v) is 6.86. The molecule has 0 radical (unpaired) electrons. The maximum atomic E-state index is 13.4. The molecule has 1 saturated heterocycles. The third kappa shape index (κ3) is 4.85. The van der Waals surface area contributed by atoms with Crippen LogP contribution < -0.4 is 21.2 Å². The van der Waals surface area contributed by atoms with Gasteiger partial charge in [-0.15, -0.1) is 0 Å². The van der Waals surface area contributed by atoms with Gasteiger partial charge in [0.05, 0.1) is 16.4 Å². The minimum Gasteiger partial charge on any atom is -0.309 e. The Morgan fingerprint density at radius 3 is 2.56 bits per heavy atom. The van der Waals surface area contributed by atoms with Crippen LogP contribution in [0.5, 0.6) is 0 Å². The van der Waals surface area contributed by atoms with Crippen LogP contribution in [-0.4, -0.2) is 43.1 Å². The molecule has 3 aliphatic heterocycles. The van der Waals surface area contributed by atoms with Gasteiger partial charge in [0.2, 0.25) is 0 Å². The lowest BCUT2D eigenvalue weighted by atomic mass is 9.96. The Labute approximate surface area is 208 Å². The minimum absolute atomic E-state index is 0.105. The summed E-state index contributed by atoms with van der Waals surface area (Å²) in [7, 11) is 0. The second-order valence-electron chi connectivity index (χ2n) is 8.72. The van der Waals surface area contributed by atoms with Crippen LogP contribution in [0.15, 0.2) is 59.3 Å². The Morgan fingerprint density at radius 2 is 1.82 bits per heavy atom. The molecular weight excluding hydrogens is 476 g/mol. The van der Waals surface area contributed by atoms with E-state index >= 15 is 0 Å². The number of amides is 1. The summed E-state index contributed by atoms with van der Waals surface area (Å²) in [5.41, 5.74) is 10.8. The number of halogens is 3. The van der Waals surface area contributed by atoms with Gasteiger partial charge in [-0.3, -0.25) is 15.2 Å². The van der Waals surface area contributed by atoms with E-state index in [1.165, 1.54) is 18.6 Å². The number of nitrogens with zero attached hydrogens (tertiary/aromatic N) is 2. The largest absolute Gasteiger partial charge is 0.309 e. The van der Waals surface area contributed by atoms with Crippen molar-refractivity contribution in [2.75, 3.05) is 31.2 Å². The maximum Gasteiger partial charge on any atom is 0.257 e. The van der Waals surface area contributed by atoms with Crippen molar-refractivity contribution in [3.8, 4) is 0 Å². The molecule has 3 aliphatic rings. The van der Waals surface area contributed by atoms with Gasteiger partial charge in [0.15, 0.2) is 0 Å². The molecule has 5 rings (SSSR count). The maximum absolute atomic E-state index is 13.4. The van der Waals surface area contributed by atoms with E-state index in [9.17, 15) is 9.18 Å². The van der Waals surface area contributed by atoms with Crippen molar-refractivity contribution in [3.63, 3.8) is 0 Å². The molecule has 1 unspecified atom stereocenters. The van der Waals surface area contributed by atoms with Gasteiger partial charge < -0.3 is 5.32 Å². The predicted molar refractivity (Wildman–Crippen MR) is 134 cm³/mol. The SMILES string of the molecule is O=C(NN1CCCCC1)C1NN(c2ccc(Cl)cc2Cl)C2=C1CNC/C2=C\c1ccc(F)cc1. The van der Waals surface area contributed by atoms with Gasteiger partial charge in [0.25, 0.3) is 5.91 Å². The number of rotatable bonds is 4. The molecule has 0 bridgehead atoms. The lowest BCUT2D eigenvalue weighted by Gasteiger charge is -2.29. The van der Waals surface area contributed by atoms with Gasteiger partial charge in [-0.2, -0.15) is 0 Å². The van der Waals surface area contributed by atoms with Gasteiger partial charge in [-0.05, 0) is 66.0 Å². The van der Waals surface area contributed by atoms with Gasteiger partial charge in [-0.1, -0.05) is 41.8 Å². The number of hydrogen-bond acceptors (Lipinski definition) is 5. The van der Waals surface area contributed by atoms with Crippen LogP contribution in [0.2, 0.25) is 10.0 Å². The van der Waals surface area contributed by atoms with Gasteiger partial charge in [-0.25, -0.2) is 14.8 Å². The average molecular weight is 502 g/mol. The fourth-order valence-corrected chi connectivity index (χ4v) is 5.17. The number of carbonyl (C=O) groups excluding carboxylic acids is 1. The molecule has 0 spiro atoms. The number of anilines is 1. The molecule has 9 heteroatoms. The van der Waals surface area contributed by atoms with Crippen molar-refractivity contribution in [1.29, 1.82) is 0 Å². The summed E-state index contributed by atoms with van der Waals surface area (Å²) >= 11 is 12.7. The van der Waals surface area contributed by atoms with Crippen LogP contribution in [0.1, 0.15) is 24.8 Å². The zero-order valence-electron chi connectivity index (χ0n) is 18.6. The van der Waals surface area contributed by atoms with Gasteiger partial charge in [0, 0.05) is 31.2 Å². The first-order chi connectivity index (χ1) is 16.5. The van der Waals surface area contributed by atoms with E-state index in [-0.39, 0.29) is 11.7 Å². The van der Waals surface area contributed by atoms with E-state index in [1.807, 2.05) is 22.2 Å². The van der Waals surface area contributed by atoms with E-state index in [0.717, 1.165) is 48.3 Å². The summed E-state index contributed by atoms with van der Waals surface area (Å²) in [6.07, 6.45) is 5.34. The predicted octanol–water partition coefficient (Wildman–Crippen LogP) is 4.28. The summed E-state index contributed by atoms with van der Waals surface area (Å²) in [5, 5.41) is 8.30. The summed E-state index contributed by atoms with van der Waals surface area (Å²) in [4.78, 5) is 13.4. The number of hydrazine groups is 2. The Bertz CT molecular complexity index is 1140. The molecule has 0 aromatic heterocycles. The molecule has 3 N–H and O–H groups in total. The summed E-state index contributed by atoms with van der Waals surface area (Å²) in [6, 6.07) is 11.1. The zero-order chi connectivity index (χ0) is 23.7. The van der Waals surface area contributed by atoms with Crippen molar-refractivity contribution in [3.05, 3.63) is 80.7 Å². The summed E-state index contributed by atoms with van der Waals surface area (Å²) < 4.78 is 13.4. The van der Waals surface area contributed by atoms with E-state index in [4.69, 9.17) is 23.2 Å². The first-order valence-electron chi connectivity index (χ1n) is 11.5. The number of nitrogens with one attached hydrogen (secondary N) is 3. The van der Waals surface area contributed by atoms with Crippen LogP contribution in [0.25, 0.3) is 6.08 Å². The molecule has 2 aromatic rings. The number of hydrogen-bond donors (Lipinski definition) is 3. The topological polar surface area (TPSA) is 59.6 Å². The Morgan fingerprint density at radius 1 is 1.06 bits per heavy atom. The van der Waals surface area contributed by atoms with Crippen molar-refractivity contribution < 1.29 is 9.18 Å². The second kappa shape index (κ2) is 10.1. The molecule has 178 valence electrons. The first kappa shape index (κ1) is 23.3. The molecule has 1 amide bonds. The molecule has 3 heterocycles. The highest BCUT2D eigenvalue weighted by molar-refractivity contribution is 6.36. The van der Waals surface area contributed by atoms with Crippen LogP contribution in [0, 0.1) is 5.82 Å². The third-order valence-electron chi connectivity index (χ3n) is 6.32. The molecule has 6 nitrogen and oxygen atoms in total. The smallest absolute Gasteiger partial charge is 0.257 e. The Hall–Kier alpha value is -2.42. The van der Waals surface area contributed by atoms with Crippen LogP contribution in [0.4, 0.5) is 10.1 Å². The van der Waals surface area contributed by atoms with E-state index in [0.29, 0.717) is 28.8 Å². The normalized spacial score (nSPS) is 22.3. The Kier molecular flexibility index (Phi) is 6.90. The lowest BCUT2D eigenvalue weighted by molar-refractivity contribution is -0.127. The fraction of sp³-hybridized carbons (Fsp3) is 0.320. The van der Waals surface area contributed by atoms with E-state index in [1.54, 1.807) is 24.3 Å². The Balaban J connectivity index is 1.53. The van der Waals surface area contributed by atoms with E-state index in [2.05, 4.69) is 16.2 Å². The van der Waals surface area contributed by atoms with Crippen molar-refractivity contribution in [2.45, 2.75) is 25.3 Å². The highest BCUT2D eigenvalue weighted by atomic mass is 35.5. The number of carbonyl (C=O) groups is 1. The van der Waals surface area contributed by atoms with Crippen molar-refractivity contribution in [2.24, 2.45) is 0 Å². The summed E-state index contributed by atoms with van der Waals surface area (Å²) in [5.74, 6) is -0.387. The number of benzene rings is 2. The molecule has 0 saturated carbocycles. The first-order valence-corrected chi connectivity index (χ1v) is 12.2. The highest BCUT2D eigenvalue weighted by Gasteiger charge is 2.40. The standard InChI is InChI=1S/C25H26Cl2FN5O/c26-18-6-9-22(21(27)13-18)33-24-17(12-16-4-7-19(28)8-5-16)14-29-15-20(24)23(30-33)25(34)31-32-10-2-1-3-11-32/h4-9,12-13,23,29-30H,1-3,10-11,14-15H2,(H,31,34)/b17-12+. The van der Waals surface area contributed by atoms with E-state index < -0.39 is 6.04 Å². The molecule has 0 aliphatic carbocycles. The number of piperidine rings is 1. The fourth-order valence-electron chi connectivity index (χ4n) is 4.68. The van der Waals surface area contributed by atoms with Crippen LogP contribution >= 0.6 is 23.2 Å². The summed E-state index contributed by atoms with van der Waals surface area (Å²) in [6.45, 7) is 2.86. The zero-order valence-corrected chi connectivity index (χ0v) is 20.1. The minimum atomic E-state index is -0.562. The monoisotopic (exact) mass is 501 g/mol. The average Bonchev–Trinajstić information content (AvgIpc) is 3.22. The van der Waals surface area contributed by atoms with Crippen molar-refractivity contribution in [1.82, 2.24) is 21.2 Å². The quantitative estimate of drug-likeness (QED) is 0.583. The molecule has 2 aromatic carbocycles. The van der Waals surface area contributed by atoms with Gasteiger partial charge >= 0.3 is 0 Å².